The summed E-state index contributed by atoms with van der Waals surface area (Å²) in [5.74, 6) is -0.865. The molecule has 1 aromatic carbocycles. The molecule has 3 N–H and O–H groups in total. The van der Waals surface area contributed by atoms with Crippen LogP contribution in [0.2, 0.25) is 0 Å². The van der Waals surface area contributed by atoms with Crippen LogP contribution in [0.5, 0.6) is 0 Å². The van der Waals surface area contributed by atoms with Gasteiger partial charge in [0.1, 0.15) is 0 Å². The van der Waals surface area contributed by atoms with Crippen LogP contribution in [0.1, 0.15) is 12.0 Å². The minimum Gasteiger partial charge on any atom is -0.370 e. The van der Waals surface area contributed by atoms with E-state index in [0.29, 0.717) is 13.0 Å². The smallest absolute Gasteiger partial charge is 0.218 e. The molecule has 0 aliphatic heterocycles. The molecule has 6 heteroatoms. The van der Waals surface area contributed by atoms with Crippen molar-refractivity contribution in [3.05, 3.63) is 35.9 Å². The third-order valence-corrected chi connectivity index (χ3v) is 3.58. The number of carbonyl (C=O) groups excluding carboxylic acids is 1. The Balaban J connectivity index is 2.33. The van der Waals surface area contributed by atoms with Crippen LogP contribution in [-0.2, 0) is 21.2 Å². The summed E-state index contributed by atoms with van der Waals surface area (Å²) in [5, 5.41) is 0. The number of hydrogen-bond acceptors (Lipinski definition) is 3. The van der Waals surface area contributed by atoms with Crippen molar-refractivity contribution in [2.24, 2.45) is 5.73 Å². The van der Waals surface area contributed by atoms with Gasteiger partial charge in [-0.2, -0.15) is 0 Å². The first kappa shape index (κ1) is 13.7. The van der Waals surface area contributed by atoms with E-state index in [4.69, 9.17) is 5.73 Å². The largest absolute Gasteiger partial charge is 0.370 e. The molecule has 94 valence electrons. The highest BCUT2D eigenvalue weighted by atomic mass is 32.2. The van der Waals surface area contributed by atoms with Gasteiger partial charge in [0.05, 0.1) is 5.75 Å². The van der Waals surface area contributed by atoms with E-state index in [9.17, 15) is 13.2 Å². The number of nitrogens with one attached hydrogen (secondary N) is 1. The lowest BCUT2D eigenvalue weighted by atomic mass is 10.2. The summed E-state index contributed by atoms with van der Waals surface area (Å²) in [4.78, 5) is 10.5. The molecule has 1 amide bonds. The lowest BCUT2D eigenvalue weighted by Crippen LogP contribution is -2.30. The van der Waals surface area contributed by atoms with Crippen LogP contribution < -0.4 is 10.5 Å². The first-order chi connectivity index (χ1) is 7.99. The maximum atomic E-state index is 11.4. The quantitative estimate of drug-likeness (QED) is 0.721. The molecule has 5 nitrogen and oxygen atoms in total. The third kappa shape index (κ3) is 6.03. The zero-order valence-corrected chi connectivity index (χ0v) is 10.2. The second kappa shape index (κ2) is 6.36. The number of nitrogens with two attached hydrogens (primary N) is 1. The third-order valence-electron chi connectivity index (χ3n) is 2.20. The molecule has 0 radical (unpaired) electrons. The Labute approximate surface area is 101 Å². The van der Waals surface area contributed by atoms with Crippen molar-refractivity contribution < 1.29 is 13.2 Å². The van der Waals surface area contributed by atoms with Gasteiger partial charge in [-0.05, 0) is 12.0 Å². The summed E-state index contributed by atoms with van der Waals surface area (Å²) in [5.41, 5.74) is 5.95. The monoisotopic (exact) mass is 256 g/mol. The van der Waals surface area contributed by atoms with Crippen molar-refractivity contribution in [1.82, 2.24) is 4.72 Å². The molecule has 0 spiro atoms. The molecule has 0 saturated carbocycles. The maximum absolute atomic E-state index is 11.4. The van der Waals surface area contributed by atoms with Gasteiger partial charge in [0.2, 0.25) is 15.9 Å². The first-order valence-electron chi connectivity index (χ1n) is 5.29. The molecule has 0 atom stereocenters. The highest BCUT2D eigenvalue weighted by molar-refractivity contribution is 7.89. The van der Waals surface area contributed by atoms with Gasteiger partial charge in [0, 0.05) is 13.0 Å². The molecule has 0 heterocycles. The number of amides is 1. The molecule has 1 aromatic rings. The number of rotatable bonds is 7. The van der Waals surface area contributed by atoms with E-state index < -0.39 is 15.9 Å². The summed E-state index contributed by atoms with van der Waals surface area (Å²) >= 11 is 0. The predicted octanol–water partition coefficient (Wildman–Crippen LogP) is 0.0239. The molecular formula is C11H16N2O3S. The highest BCUT2D eigenvalue weighted by Gasteiger charge is 2.10. The SMILES string of the molecule is NC(=O)CCS(=O)(=O)NCCc1ccccc1. The molecule has 0 bridgehead atoms. The first-order valence-corrected chi connectivity index (χ1v) is 6.94. The zero-order chi connectivity index (χ0) is 12.7. The minimum absolute atomic E-state index is 0.152. The van der Waals surface area contributed by atoms with Crippen LogP contribution in [0.25, 0.3) is 0 Å². The van der Waals surface area contributed by atoms with Gasteiger partial charge in [-0.25, -0.2) is 13.1 Å². The van der Waals surface area contributed by atoms with Crippen LogP contribution in [0.4, 0.5) is 0 Å². The Morgan fingerprint density at radius 1 is 1.24 bits per heavy atom. The highest BCUT2D eigenvalue weighted by Crippen LogP contribution is 1.99. The van der Waals surface area contributed by atoms with Crippen LogP contribution >= 0.6 is 0 Å². The molecular weight excluding hydrogens is 240 g/mol. The van der Waals surface area contributed by atoms with Crippen LogP contribution in [0, 0.1) is 0 Å². The van der Waals surface area contributed by atoms with Gasteiger partial charge in [0.25, 0.3) is 0 Å². The number of primary amides is 1. The van der Waals surface area contributed by atoms with E-state index in [1.54, 1.807) is 0 Å². The van der Waals surface area contributed by atoms with Gasteiger partial charge in [-0.1, -0.05) is 30.3 Å². The van der Waals surface area contributed by atoms with Gasteiger partial charge in [-0.3, -0.25) is 4.79 Å². The number of hydrogen-bond donors (Lipinski definition) is 2. The van der Waals surface area contributed by atoms with Crippen LogP contribution in [0.15, 0.2) is 30.3 Å². The van der Waals surface area contributed by atoms with E-state index in [1.807, 2.05) is 30.3 Å². The Bertz CT molecular complexity index is 457. The molecule has 1 rings (SSSR count). The van der Waals surface area contributed by atoms with E-state index in [1.165, 1.54) is 0 Å². The van der Waals surface area contributed by atoms with Crippen molar-refractivity contribution in [3.8, 4) is 0 Å². The molecule has 0 fully saturated rings. The standard InChI is InChI=1S/C11H16N2O3S/c12-11(14)7-9-17(15,16)13-8-6-10-4-2-1-3-5-10/h1-5,13H,6-9H2,(H2,12,14). The van der Waals surface area contributed by atoms with Crippen molar-refractivity contribution in [1.29, 1.82) is 0 Å². The van der Waals surface area contributed by atoms with Crippen LogP contribution in [-0.4, -0.2) is 26.6 Å². The Kier molecular flexibility index (Phi) is 5.11. The lowest BCUT2D eigenvalue weighted by Gasteiger charge is -2.05. The van der Waals surface area contributed by atoms with Gasteiger partial charge < -0.3 is 5.73 Å². The van der Waals surface area contributed by atoms with Gasteiger partial charge >= 0.3 is 0 Å². The Morgan fingerprint density at radius 2 is 1.88 bits per heavy atom. The minimum atomic E-state index is -3.40. The summed E-state index contributed by atoms with van der Waals surface area (Å²) in [7, 11) is -3.40. The fourth-order valence-electron chi connectivity index (χ4n) is 1.30. The lowest BCUT2D eigenvalue weighted by molar-refractivity contribution is -0.117. The van der Waals surface area contributed by atoms with E-state index >= 15 is 0 Å². The van der Waals surface area contributed by atoms with Gasteiger partial charge in [0.15, 0.2) is 0 Å². The molecule has 0 aliphatic carbocycles. The van der Waals surface area contributed by atoms with E-state index in [2.05, 4.69) is 4.72 Å². The van der Waals surface area contributed by atoms with E-state index in [-0.39, 0.29) is 12.2 Å². The normalized spacial score (nSPS) is 11.3. The van der Waals surface area contributed by atoms with Crippen LogP contribution in [0.3, 0.4) is 0 Å². The Morgan fingerprint density at radius 3 is 2.47 bits per heavy atom. The summed E-state index contributed by atoms with van der Waals surface area (Å²) < 4.78 is 25.2. The van der Waals surface area contributed by atoms with Crippen molar-refractivity contribution in [3.63, 3.8) is 0 Å². The summed E-state index contributed by atoms with van der Waals surface area (Å²) in [6.45, 7) is 0.325. The summed E-state index contributed by atoms with van der Waals surface area (Å²) in [6, 6.07) is 9.56. The number of carbonyl (C=O) groups is 1. The second-order valence-corrected chi connectivity index (χ2v) is 5.59. The fourth-order valence-corrected chi connectivity index (χ4v) is 2.33. The number of benzene rings is 1. The maximum Gasteiger partial charge on any atom is 0.218 e. The molecule has 0 saturated heterocycles. The second-order valence-electron chi connectivity index (χ2n) is 3.67. The topological polar surface area (TPSA) is 89.3 Å². The molecule has 0 aliphatic rings. The van der Waals surface area contributed by atoms with Gasteiger partial charge in [-0.15, -0.1) is 0 Å². The molecule has 0 aromatic heterocycles. The average molecular weight is 256 g/mol. The average Bonchev–Trinajstić information content (AvgIpc) is 2.28. The van der Waals surface area contributed by atoms with Crippen molar-refractivity contribution >= 4 is 15.9 Å². The molecule has 0 unspecified atom stereocenters. The number of sulfonamides is 1. The zero-order valence-electron chi connectivity index (χ0n) is 9.43. The van der Waals surface area contributed by atoms with E-state index in [0.717, 1.165) is 5.56 Å². The fraction of sp³-hybridized carbons (Fsp3) is 0.364. The predicted molar refractivity (Wildman–Crippen MR) is 65.7 cm³/mol. The Hall–Kier alpha value is -1.40. The molecule has 17 heavy (non-hydrogen) atoms. The summed E-state index contributed by atoms with van der Waals surface area (Å²) in [6.07, 6.45) is 0.470. The van der Waals surface area contributed by atoms with Crippen molar-refractivity contribution in [2.45, 2.75) is 12.8 Å². The van der Waals surface area contributed by atoms with Crippen molar-refractivity contribution in [2.75, 3.05) is 12.3 Å².